The van der Waals surface area contributed by atoms with Crippen molar-refractivity contribution in [3.05, 3.63) is 42.4 Å². The van der Waals surface area contributed by atoms with Gasteiger partial charge in [0.2, 0.25) is 16.0 Å². The van der Waals surface area contributed by atoms with Gasteiger partial charge in [-0.05, 0) is 32.1 Å². The first-order valence-corrected chi connectivity index (χ1v) is 9.25. The maximum Gasteiger partial charge on any atom is 0.244 e. The largest absolute Gasteiger partial charge is 0.282 e. The summed E-state index contributed by atoms with van der Waals surface area (Å²) < 4.78 is 28.9. The Hall–Kier alpha value is -2.19. The van der Waals surface area contributed by atoms with E-state index >= 15 is 0 Å². The number of rotatable bonds is 4. The molecule has 7 nitrogen and oxygen atoms in total. The molecule has 1 aliphatic heterocycles. The quantitative estimate of drug-likeness (QED) is 0.850. The number of aromatic nitrogens is 3. The van der Waals surface area contributed by atoms with Crippen molar-refractivity contribution in [3.63, 3.8) is 0 Å². The highest BCUT2D eigenvalue weighted by atomic mass is 32.2. The molecule has 0 N–H and O–H groups in total. The summed E-state index contributed by atoms with van der Waals surface area (Å²) in [6.45, 7) is 6.18. The summed E-state index contributed by atoms with van der Waals surface area (Å²) in [5, 5.41) is 4.25. The Morgan fingerprint density at radius 1 is 1.29 bits per heavy atom. The zero-order valence-corrected chi connectivity index (χ0v) is 15.0. The van der Waals surface area contributed by atoms with Crippen LogP contribution in [0.4, 0.5) is 11.6 Å². The maximum atomic E-state index is 12.9. The summed E-state index contributed by atoms with van der Waals surface area (Å²) in [6, 6.07) is 7.05. The molecule has 1 aromatic carbocycles. The Balaban J connectivity index is 2.20. The van der Waals surface area contributed by atoms with Crippen LogP contribution in [0.25, 0.3) is 0 Å². The van der Waals surface area contributed by atoms with E-state index in [9.17, 15) is 8.42 Å². The molecule has 1 aliphatic rings. The second-order valence-corrected chi connectivity index (χ2v) is 7.79. The third-order valence-corrected chi connectivity index (χ3v) is 6.19. The Morgan fingerprint density at radius 2 is 2.00 bits per heavy atom. The number of anilines is 2. The molecule has 1 unspecified atom stereocenters. The van der Waals surface area contributed by atoms with Crippen LogP contribution in [-0.4, -0.2) is 41.1 Å². The van der Waals surface area contributed by atoms with Crippen molar-refractivity contribution < 1.29 is 8.42 Å². The summed E-state index contributed by atoms with van der Waals surface area (Å²) in [7, 11) is -2.01. The van der Waals surface area contributed by atoms with E-state index in [-0.39, 0.29) is 10.9 Å². The highest BCUT2D eigenvalue weighted by Gasteiger charge is 2.31. The Morgan fingerprint density at radius 3 is 2.71 bits per heavy atom. The number of sulfonamides is 1. The lowest BCUT2D eigenvalue weighted by Gasteiger charge is -2.32. The van der Waals surface area contributed by atoms with Gasteiger partial charge in [-0.2, -0.15) is 10.1 Å². The standard InChI is InChI=1S/C16H21N5O2S/c1-5-19(4)24(22,23)15-9-7-6-8-14(15)20-12(2)10-13(3)21-16(20)17-11-18-21/h6-11,13H,5H2,1-4H3. The third-order valence-electron chi connectivity index (χ3n) is 4.21. The number of hydrogen-bond donors (Lipinski definition) is 0. The van der Waals surface area contributed by atoms with Crippen molar-refractivity contribution in [2.45, 2.75) is 31.7 Å². The second kappa shape index (κ2) is 6.03. The molecular formula is C16H21N5O2S. The molecule has 2 aromatic rings. The molecule has 0 amide bonds. The molecule has 0 spiro atoms. The van der Waals surface area contributed by atoms with E-state index in [0.717, 1.165) is 5.70 Å². The molecule has 24 heavy (non-hydrogen) atoms. The molecule has 0 fully saturated rings. The number of fused-ring (bicyclic) bond motifs is 1. The first-order chi connectivity index (χ1) is 11.4. The number of allylic oxidation sites excluding steroid dienone is 2. The minimum absolute atomic E-state index is 0.0702. The van der Waals surface area contributed by atoms with Crippen molar-refractivity contribution in [2.75, 3.05) is 18.5 Å². The lowest BCUT2D eigenvalue weighted by Crippen LogP contribution is -2.30. The van der Waals surface area contributed by atoms with Crippen LogP contribution in [0, 0.1) is 0 Å². The molecule has 128 valence electrons. The average molecular weight is 347 g/mol. The van der Waals surface area contributed by atoms with Gasteiger partial charge in [-0.3, -0.25) is 4.90 Å². The van der Waals surface area contributed by atoms with Crippen molar-refractivity contribution in [1.29, 1.82) is 0 Å². The fourth-order valence-electron chi connectivity index (χ4n) is 2.84. The fraction of sp³-hybridized carbons (Fsp3) is 0.375. The van der Waals surface area contributed by atoms with Crippen LogP contribution in [0.1, 0.15) is 26.8 Å². The van der Waals surface area contributed by atoms with Crippen LogP contribution in [0.5, 0.6) is 0 Å². The number of nitrogens with zero attached hydrogens (tertiary/aromatic N) is 5. The Kier molecular flexibility index (Phi) is 4.18. The summed E-state index contributed by atoms with van der Waals surface area (Å²) in [4.78, 5) is 6.42. The summed E-state index contributed by atoms with van der Waals surface area (Å²) in [6.07, 6.45) is 3.52. The van der Waals surface area contributed by atoms with Gasteiger partial charge >= 0.3 is 0 Å². The van der Waals surface area contributed by atoms with Gasteiger partial charge in [0, 0.05) is 19.3 Å². The van der Waals surface area contributed by atoms with Gasteiger partial charge in [0.15, 0.2) is 0 Å². The average Bonchev–Trinajstić information content (AvgIpc) is 3.04. The molecule has 2 heterocycles. The number of benzene rings is 1. The first kappa shape index (κ1) is 16.7. The molecule has 1 aromatic heterocycles. The van der Waals surface area contributed by atoms with Crippen molar-refractivity contribution in [2.24, 2.45) is 0 Å². The molecule has 0 saturated carbocycles. The van der Waals surface area contributed by atoms with E-state index in [0.29, 0.717) is 18.2 Å². The van der Waals surface area contributed by atoms with Crippen LogP contribution in [0.2, 0.25) is 0 Å². The molecule has 1 atom stereocenters. The monoisotopic (exact) mass is 347 g/mol. The van der Waals surface area contributed by atoms with E-state index in [1.165, 1.54) is 10.6 Å². The van der Waals surface area contributed by atoms with Crippen molar-refractivity contribution in [3.8, 4) is 0 Å². The second-order valence-electron chi connectivity index (χ2n) is 5.78. The normalized spacial score (nSPS) is 17.8. The smallest absolute Gasteiger partial charge is 0.244 e. The van der Waals surface area contributed by atoms with Gasteiger partial charge in [0.05, 0.1) is 11.7 Å². The van der Waals surface area contributed by atoms with Gasteiger partial charge in [0.25, 0.3) is 0 Å². The highest BCUT2D eigenvalue weighted by Crippen LogP contribution is 2.38. The minimum atomic E-state index is -3.58. The lowest BCUT2D eigenvalue weighted by molar-refractivity contribution is 0.486. The third kappa shape index (κ3) is 2.51. The van der Waals surface area contributed by atoms with E-state index in [2.05, 4.69) is 10.1 Å². The predicted octanol–water partition coefficient (Wildman–Crippen LogP) is 2.54. The molecule has 0 aliphatic carbocycles. The van der Waals surface area contributed by atoms with E-state index < -0.39 is 10.0 Å². The van der Waals surface area contributed by atoms with Crippen molar-refractivity contribution in [1.82, 2.24) is 19.1 Å². The lowest BCUT2D eigenvalue weighted by atomic mass is 10.2. The highest BCUT2D eigenvalue weighted by molar-refractivity contribution is 7.89. The Labute approximate surface area is 142 Å². The summed E-state index contributed by atoms with van der Waals surface area (Å²) in [5.74, 6) is 0.615. The van der Waals surface area contributed by atoms with E-state index in [1.54, 1.807) is 29.9 Å². The summed E-state index contributed by atoms with van der Waals surface area (Å²) >= 11 is 0. The number of para-hydroxylation sites is 1. The van der Waals surface area contributed by atoms with E-state index in [4.69, 9.17) is 0 Å². The van der Waals surface area contributed by atoms with Crippen LogP contribution in [0.3, 0.4) is 0 Å². The van der Waals surface area contributed by atoms with Crippen LogP contribution in [-0.2, 0) is 10.0 Å². The molecule has 0 bridgehead atoms. The van der Waals surface area contributed by atoms with Gasteiger partial charge in [0.1, 0.15) is 11.2 Å². The predicted molar refractivity (Wildman–Crippen MR) is 92.6 cm³/mol. The van der Waals surface area contributed by atoms with Crippen molar-refractivity contribution >= 4 is 21.7 Å². The molecular weight excluding hydrogens is 326 g/mol. The van der Waals surface area contributed by atoms with Gasteiger partial charge in [-0.25, -0.2) is 17.4 Å². The van der Waals surface area contributed by atoms with Gasteiger partial charge in [-0.1, -0.05) is 19.1 Å². The van der Waals surface area contributed by atoms with Gasteiger partial charge in [-0.15, -0.1) is 0 Å². The SMILES string of the molecule is CCN(C)S(=O)(=O)c1ccccc1N1C(C)=CC(C)n2ncnc21. The molecule has 0 saturated heterocycles. The van der Waals surface area contributed by atoms with E-state index in [1.807, 2.05) is 37.8 Å². The molecule has 0 radical (unpaired) electrons. The minimum Gasteiger partial charge on any atom is -0.282 e. The van der Waals surface area contributed by atoms with Crippen LogP contribution in [0.15, 0.2) is 47.3 Å². The summed E-state index contributed by atoms with van der Waals surface area (Å²) in [5.41, 5.74) is 1.50. The molecule has 3 rings (SSSR count). The maximum absolute atomic E-state index is 12.9. The molecule has 8 heteroatoms. The zero-order valence-electron chi connectivity index (χ0n) is 14.2. The van der Waals surface area contributed by atoms with Crippen LogP contribution >= 0.6 is 0 Å². The zero-order chi connectivity index (χ0) is 17.5. The topological polar surface area (TPSA) is 71.3 Å². The van der Waals surface area contributed by atoms with Gasteiger partial charge < -0.3 is 0 Å². The fourth-order valence-corrected chi connectivity index (χ4v) is 4.19. The first-order valence-electron chi connectivity index (χ1n) is 7.81. The van der Waals surface area contributed by atoms with Crippen LogP contribution < -0.4 is 4.90 Å². The number of hydrogen-bond acceptors (Lipinski definition) is 5. The Bertz CT molecular complexity index is 887.